The fraction of sp³-hybridized carbons (Fsp3) is 0.556. The van der Waals surface area contributed by atoms with E-state index in [2.05, 4.69) is 0 Å². The van der Waals surface area contributed by atoms with E-state index in [1.54, 1.807) is 26.0 Å². The van der Waals surface area contributed by atoms with Crippen LogP contribution in [0.25, 0.3) is 0 Å². The molecule has 0 spiro atoms. The highest BCUT2D eigenvalue weighted by Gasteiger charge is 2.34. The van der Waals surface area contributed by atoms with E-state index in [1.165, 1.54) is 0 Å². The van der Waals surface area contributed by atoms with E-state index in [1.807, 2.05) is 28.0 Å². The predicted octanol–water partition coefficient (Wildman–Crippen LogP) is 2.29. The van der Waals surface area contributed by atoms with Gasteiger partial charge in [0.05, 0.1) is 20.0 Å². The quantitative estimate of drug-likeness (QED) is 0.743. The molecule has 0 aliphatic carbocycles. The van der Waals surface area contributed by atoms with Crippen LogP contribution in [0.4, 0.5) is 0 Å². The molecule has 136 valence electrons. The van der Waals surface area contributed by atoms with E-state index in [4.69, 9.17) is 9.47 Å². The average molecular weight is 364 g/mol. The number of thioether (sulfide) groups is 1. The van der Waals surface area contributed by atoms with Gasteiger partial charge in [0.1, 0.15) is 16.9 Å². The zero-order valence-corrected chi connectivity index (χ0v) is 15.5. The molecule has 2 saturated heterocycles. The fourth-order valence-electron chi connectivity index (χ4n) is 3.36. The first-order valence-electron chi connectivity index (χ1n) is 8.55. The number of rotatable bonds is 7. The maximum Gasteiger partial charge on any atom is 0.233 e. The van der Waals surface area contributed by atoms with Crippen LogP contribution in [0.3, 0.4) is 0 Å². The summed E-state index contributed by atoms with van der Waals surface area (Å²) in [7, 11) is 3.26. The lowest BCUT2D eigenvalue weighted by Gasteiger charge is -2.26. The molecule has 2 aliphatic rings. The third-order valence-corrected chi connectivity index (χ3v) is 5.91. The zero-order valence-electron chi connectivity index (χ0n) is 14.7. The second kappa shape index (κ2) is 7.99. The van der Waals surface area contributed by atoms with Gasteiger partial charge in [0.2, 0.25) is 11.8 Å². The summed E-state index contributed by atoms with van der Waals surface area (Å²) in [5.74, 6) is 2.33. The minimum atomic E-state index is -0.0770. The monoisotopic (exact) mass is 364 g/mol. The highest BCUT2D eigenvalue weighted by atomic mass is 32.2. The summed E-state index contributed by atoms with van der Waals surface area (Å²) in [4.78, 5) is 27.9. The van der Waals surface area contributed by atoms with Gasteiger partial charge in [-0.15, -0.1) is 11.8 Å². The van der Waals surface area contributed by atoms with Crippen molar-refractivity contribution in [3.8, 4) is 11.5 Å². The van der Waals surface area contributed by atoms with Crippen molar-refractivity contribution in [2.24, 2.45) is 0 Å². The van der Waals surface area contributed by atoms with E-state index in [-0.39, 0.29) is 17.2 Å². The second-order valence-corrected chi connectivity index (χ2v) is 7.26. The topological polar surface area (TPSA) is 59.1 Å². The normalized spacial score (nSPS) is 20.5. The Labute approximate surface area is 152 Å². The average Bonchev–Trinajstić information content (AvgIpc) is 3.20. The Kier molecular flexibility index (Phi) is 5.73. The molecule has 2 aliphatic heterocycles. The Morgan fingerprint density at radius 1 is 1.16 bits per heavy atom. The molecule has 1 unspecified atom stereocenters. The van der Waals surface area contributed by atoms with Crippen LogP contribution in [-0.2, 0) is 9.59 Å². The molecule has 25 heavy (non-hydrogen) atoms. The standard InChI is InChI=1S/C18H24N2O4S/c1-23-13-6-7-15(24-2)14(11-13)18-20(17(22)12-25-18)10-4-9-19-8-3-5-16(19)21/h6-7,11,18H,3-5,8-10,12H2,1-2H3. The number of hydrogen-bond acceptors (Lipinski definition) is 5. The minimum Gasteiger partial charge on any atom is -0.497 e. The molecular formula is C18H24N2O4S. The molecule has 0 bridgehead atoms. The SMILES string of the molecule is COc1ccc(OC)c(C2SCC(=O)N2CCCN2CCCC2=O)c1. The molecule has 0 N–H and O–H groups in total. The molecule has 7 heteroatoms. The first-order valence-corrected chi connectivity index (χ1v) is 9.59. The Morgan fingerprint density at radius 3 is 2.68 bits per heavy atom. The maximum absolute atomic E-state index is 12.4. The van der Waals surface area contributed by atoms with Crippen molar-refractivity contribution in [3.63, 3.8) is 0 Å². The van der Waals surface area contributed by atoms with Crippen LogP contribution in [0.5, 0.6) is 11.5 Å². The largest absolute Gasteiger partial charge is 0.497 e. The van der Waals surface area contributed by atoms with E-state index < -0.39 is 0 Å². The molecule has 2 heterocycles. The lowest BCUT2D eigenvalue weighted by atomic mass is 10.1. The number of carbonyl (C=O) groups is 2. The van der Waals surface area contributed by atoms with Crippen LogP contribution in [-0.4, -0.2) is 61.2 Å². The number of ether oxygens (including phenoxy) is 2. The Balaban J connectivity index is 1.70. The first-order chi connectivity index (χ1) is 12.1. The van der Waals surface area contributed by atoms with Crippen LogP contribution in [0.1, 0.15) is 30.2 Å². The highest BCUT2D eigenvalue weighted by molar-refractivity contribution is 8.00. The fourth-order valence-corrected chi connectivity index (χ4v) is 4.59. The summed E-state index contributed by atoms with van der Waals surface area (Å²) in [5, 5.41) is -0.0770. The summed E-state index contributed by atoms with van der Waals surface area (Å²) in [6, 6.07) is 5.66. The maximum atomic E-state index is 12.4. The van der Waals surface area contributed by atoms with Crippen molar-refractivity contribution in [1.29, 1.82) is 0 Å². The van der Waals surface area contributed by atoms with E-state index in [0.29, 0.717) is 18.7 Å². The van der Waals surface area contributed by atoms with Gasteiger partial charge in [0, 0.05) is 31.6 Å². The van der Waals surface area contributed by atoms with Crippen molar-refractivity contribution in [2.45, 2.75) is 24.6 Å². The number of benzene rings is 1. The van der Waals surface area contributed by atoms with Gasteiger partial charge < -0.3 is 19.3 Å². The molecule has 0 saturated carbocycles. The third kappa shape index (κ3) is 3.86. The van der Waals surface area contributed by atoms with E-state index in [0.717, 1.165) is 43.0 Å². The van der Waals surface area contributed by atoms with E-state index in [9.17, 15) is 9.59 Å². The van der Waals surface area contributed by atoms with Crippen molar-refractivity contribution in [1.82, 2.24) is 9.80 Å². The lowest BCUT2D eigenvalue weighted by Crippen LogP contribution is -2.33. The highest BCUT2D eigenvalue weighted by Crippen LogP contribution is 2.43. The van der Waals surface area contributed by atoms with Crippen molar-refractivity contribution < 1.29 is 19.1 Å². The van der Waals surface area contributed by atoms with Crippen molar-refractivity contribution >= 4 is 23.6 Å². The van der Waals surface area contributed by atoms with Gasteiger partial charge >= 0.3 is 0 Å². The van der Waals surface area contributed by atoms with Crippen LogP contribution < -0.4 is 9.47 Å². The zero-order chi connectivity index (χ0) is 17.8. The van der Waals surface area contributed by atoms with Gasteiger partial charge in [-0.1, -0.05) is 0 Å². The Bertz CT molecular complexity index is 652. The molecule has 0 aromatic heterocycles. The Hall–Kier alpha value is -1.89. The molecule has 2 amide bonds. The minimum absolute atomic E-state index is 0.0770. The van der Waals surface area contributed by atoms with Crippen molar-refractivity contribution in [3.05, 3.63) is 23.8 Å². The van der Waals surface area contributed by atoms with Crippen LogP contribution in [0.15, 0.2) is 18.2 Å². The lowest BCUT2D eigenvalue weighted by molar-refractivity contribution is -0.128. The molecule has 2 fully saturated rings. The number of methoxy groups -OCH3 is 2. The molecule has 3 rings (SSSR count). The summed E-state index contributed by atoms with van der Waals surface area (Å²) in [6.45, 7) is 2.20. The van der Waals surface area contributed by atoms with Crippen LogP contribution in [0, 0.1) is 0 Å². The van der Waals surface area contributed by atoms with Gasteiger partial charge in [-0.3, -0.25) is 9.59 Å². The van der Waals surface area contributed by atoms with Crippen LogP contribution >= 0.6 is 11.8 Å². The first kappa shape index (κ1) is 17.9. The summed E-state index contributed by atoms with van der Waals surface area (Å²) in [6.07, 6.45) is 2.39. The number of nitrogens with zero attached hydrogens (tertiary/aromatic N) is 2. The number of carbonyl (C=O) groups excluding carboxylic acids is 2. The predicted molar refractivity (Wildman–Crippen MR) is 96.9 cm³/mol. The van der Waals surface area contributed by atoms with Crippen LogP contribution in [0.2, 0.25) is 0 Å². The Morgan fingerprint density at radius 2 is 2.00 bits per heavy atom. The van der Waals surface area contributed by atoms with Gasteiger partial charge in [-0.05, 0) is 31.0 Å². The third-order valence-electron chi connectivity index (χ3n) is 4.67. The molecule has 6 nitrogen and oxygen atoms in total. The van der Waals surface area contributed by atoms with Gasteiger partial charge in [0.25, 0.3) is 0 Å². The van der Waals surface area contributed by atoms with Gasteiger partial charge in [-0.2, -0.15) is 0 Å². The van der Waals surface area contributed by atoms with E-state index >= 15 is 0 Å². The molecule has 1 atom stereocenters. The molecule has 1 aromatic rings. The number of likely N-dealkylation sites (tertiary alicyclic amines) is 1. The van der Waals surface area contributed by atoms with Gasteiger partial charge in [0.15, 0.2) is 0 Å². The summed E-state index contributed by atoms with van der Waals surface area (Å²) in [5.41, 5.74) is 0.954. The van der Waals surface area contributed by atoms with Crippen molar-refractivity contribution in [2.75, 3.05) is 39.6 Å². The smallest absolute Gasteiger partial charge is 0.233 e. The number of amides is 2. The molecule has 1 aromatic carbocycles. The summed E-state index contributed by atoms with van der Waals surface area (Å²) >= 11 is 1.60. The van der Waals surface area contributed by atoms with Gasteiger partial charge in [-0.25, -0.2) is 0 Å². The summed E-state index contributed by atoms with van der Waals surface area (Å²) < 4.78 is 10.8. The second-order valence-electron chi connectivity index (χ2n) is 6.20. The molecule has 0 radical (unpaired) electrons. The number of hydrogen-bond donors (Lipinski definition) is 0. The molecular weight excluding hydrogens is 340 g/mol.